The number of benzene rings is 3. The fourth-order valence-corrected chi connectivity index (χ4v) is 5.92. The van der Waals surface area contributed by atoms with E-state index in [1.165, 1.54) is 17.7 Å². The number of rotatable bonds is 12. The second-order valence-corrected chi connectivity index (χ2v) is 11.1. The Labute approximate surface area is 280 Å². The number of hydrogen-bond donors (Lipinski definition) is 3. The zero-order valence-corrected chi connectivity index (χ0v) is 27.6. The van der Waals surface area contributed by atoms with Gasteiger partial charge in [0.25, 0.3) is 0 Å². The minimum atomic E-state index is -4.77. The summed E-state index contributed by atoms with van der Waals surface area (Å²) in [6.07, 6.45) is 0.0727. The first kappa shape index (κ1) is 37.1. The number of nitrogens with one attached hydrogen (secondary N) is 1. The Balaban J connectivity index is 0.00000288. The molecule has 3 aromatic carbocycles. The van der Waals surface area contributed by atoms with Gasteiger partial charge in [-0.3, -0.25) is 4.90 Å². The van der Waals surface area contributed by atoms with Crippen LogP contribution < -0.4 is 31.0 Å². The summed E-state index contributed by atoms with van der Waals surface area (Å²) >= 11 is 0. The highest BCUT2D eigenvalue weighted by Crippen LogP contribution is 2.36. The third-order valence-corrected chi connectivity index (χ3v) is 8.09. The van der Waals surface area contributed by atoms with Gasteiger partial charge in [0.1, 0.15) is 17.2 Å². The summed E-state index contributed by atoms with van der Waals surface area (Å²) in [5.41, 5.74) is 17.3. The molecular weight excluding hydrogens is 642 g/mol. The first-order valence-corrected chi connectivity index (χ1v) is 14.8. The van der Waals surface area contributed by atoms with Crippen LogP contribution in [0.5, 0.6) is 17.2 Å². The van der Waals surface area contributed by atoms with Crippen LogP contribution in [0.15, 0.2) is 60.8 Å². The number of methoxy groups -OCH3 is 2. The fraction of sp³-hybridized carbons (Fsp3) is 0.394. The van der Waals surface area contributed by atoms with Crippen LogP contribution in [0.1, 0.15) is 30.4 Å². The van der Waals surface area contributed by atoms with Crippen LogP contribution in [0, 0.1) is 0 Å². The van der Waals surface area contributed by atoms with Crippen LogP contribution in [0.3, 0.4) is 0 Å². The molecule has 0 saturated carbocycles. The molecule has 13 heteroatoms. The average Bonchev–Trinajstić information content (AvgIpc) is 3.37. The summed E-state index contributed by atoms with van der Waals surface area (Å²) in [5, 5.41) is 4.66. The predicted molar refractivity (Wildman–Crippen MR) is 182 cm³/mol. The molecule has 0 bridgehead atoms. The molecule has 1 aliphatic heterocycles. The van der Waals surface area contributed by atoms with E-state index in [-0.39, 0.29) is 37.1 Å². The lowest BCUT2D eigenvalue weighted by atomic mass is 9.97. The average molecular weight is 685 g/mol. The summed E-state index contributed by atoms with van der Waals surface area (Å²) in [5.74, 6) is 1.22. The van der Waals surface area contributed by atoms with Crippen molar-refractivity contribution < 1.29 is 27.4 Å². The van der Waals surface area contributed by atoms with E-state index in [0.717, 1.165) is 84.7 Å². The molecule has 0 atom stereocenters. The molecule has 252 valence electrons. The van der Waals surface area contributed by atoms with E-state index in [0.29, 0.717) is 18.2 Å². The summed E-state index contributed by atoms with van der Waals surface area (Å²) in [6, 6.07) is 17.0. The molecule has 1 fully saturated rings. The number of nitrogens with zero attached hydrogens (tertiary/aromatic N) is 2. The number of likely N-dealkylation sites (tertiary alicyclic amines) is 1. The first-order valence-electron chi connectivity index (χ1n) is 14.8. The predicted octanol–water partition coefficient (Wildman–Crippen LogP) is 6.95. The van der Waals surface area contributed by atoms with Gasteiger partial charge in [0, 0.05) is 85.3 Å². The Morgan fingerprint density at radius 2 is 1.57 bits per heavy atom. The Kier molecular flexibility index (Phi) is 13.3. The van der Waals surface area contributed by atoms with Crippen molar-refractivity contribution >= 4 is 41.4 Å². The van der Waals surface area contributed by atoms with Gasteiger partial charge in [0.2, 0.25) is 0 Å². The molecule has 0 amide bonds. The van der Waals surface area contributed by atoms with Crippen LogP contribution in [0.4, 0.5) is 18.9 Å². The minimum Gasteiger partial charge on any atom is -0.497 e. The van der Waals surface area contributed by atoms with Gasteiger partial charge in [-0.2, -0.15) is 0 Å². The van der Waals surface area contributed by atoms with Crippen molar-refractivity contribution in [2.24, 2.45) is 11.5 Å². The van der Waals surface area contributed by atoms with Crippen molar-refractivity contribution in [1.82, 2.24) is 9.47 Å². The van der Waals surface area contributed by atoms with Crippen LogP contribution in [-0.4, -0.2) is 55.7 Å². The molecule has 1 aromatic heterocycles. The third-order valence-electron chi connectivity index (χ3n) is 8.09. The molecule has 2 heterocycles. The number of fused-ring (bicyclic) bond motifs is 1. The van der Waals surface area contributed by atoms with Crippen LogP contribution >= 0.6 is 24.8 Å². The number of aromatic nitrogens is 1. The number of alkyl halides is 3. The van der Waals surface area contributed by atoms with E-state index >= 15 is 0 Å². The van der Waals surface area contributed by atoms with Gasteiger partial charge in [-0.15, -0.1) is 38.0 Å². The highest BCUT2D eigenvalue weighted by atomic mass is 35.5. The van der Waals surface area contributed by atoms with Crippen molar-refractivity contribution in [2.45, 2.75) is 51.3 Å². The van der Waals surface area contributed by atoms with E-state index in [1.54, 1.807) is 20.3 Å². The number of piperidine rings is 1. The molecule has 5 rings (SSSR count). The molecule has 0 spiro atoms. The zero-order valence-electron chi connectivity index (χ0n) is 25.9. The normalized spacial score (nSPS) is 14.0. The maximum absolute atomic E-state index is 12.9. The van der Waals surface area contributed by atoms with Crippen LogP contribution in [0.25, 0.3) is 22.0 Å². The summed E-state index contributed by atoms with van der Waals surface area (Å²) in [4.78, 5) is 2.45. The van der Waals surface area contributed by atoms with E-state index in [9.17, 15) is 13.2 Å². The highest BCUT2D eigenvalue weighted by molar-refractivity contribution is 5.97. The SMILES string of the molecule is COc1cc(NC2CCN(Cc3ccc4c(c3)c(-c3ccc(OC(F)(F)F)cc3CN)cn4CCCN)CC2)cc(OC)c1.Cl.Cl. The van der Waals surface area contributed by atoms with Crippen molar-refractivity contribution in [3.05, 3.63) is 71.9 Å². The van der Waals surface area contributed by atoms with Gasteiger partial charge < -0.3 is 35.6 Å². The molecule has 46 heavy (non-hydrogen) atoms. The molecule has 0 radical (unpaired) electrons. The lowest BCUT2D eigenvalue weighted by Crippen LogP contribution is -2.38. The number of ether oxygens (including phenoxy) is 3. The van der Waals surface area contributed by atoms with Crippen molar-refractivity contribution in [2.75, 3.05) is 39.2 Å². The van der Waals surface area contributed by atoms with Crippen molar-refractivity contribution in [3.8, 4) is 28.4 Å². The monoisotopic (exact) mass is 683 g/mol. The smallest absolute Gasteiger partial charge is 0.497 e. The van der Waals surface area contributed by atoms with Gasteiger partial charge in [-0.1, -0.05) is 12.1 Å². The number of hydrogen-bond acceptors (Lipinski definition) is 7. The van der Waals surface area contributed by atoms with Crippen molar-refractivity contribution in [1.29, 1.82) is 0 Å². The summed E-state index contributed by atoms with van der Waals surface area (Å²) < 4.78 is 55.7. The molecule has 8 nitrogen and oxygen atoms in total. The first-order chi connectivity index (χ1) is 21.2. The number of aryl methyl sites for hydroxylation is 1. The molecule has 1 aliphatic rings. The third kappa shape index (κ3) is 9.13. The Morgan fingerprint density at radius 1 is 0.870 bits per heavy atom. The molecule has 0 aliphatic carbocycles. The van der Waals surface area contributed by atoms with Crippen LogP contribution in [0.2, 0.25) is 0 Å². The highest BCUT2D eigenvalue weighted by Gasteiger charge is 2.31. The molecular formula is C33H42Cl2F3N5O3. The van der Waals surface area contributed by atoms with E-state index in [4.69, 9.17) is 20.9 Å². The summed E-state index contributed by atoms with van der Waals surface area (Å²) in [7, 11) is 3.29. The zero-order chi connectivity index (χ0) is 31.3. The molecule has 1 saturated heterocycles. The second kappa shape index (κ2) is 16.5. The lowest BCUT2D eigenvalue weighted by Gasteiger charge is -2.33. The van der Waals surface area contributed by atoms with Crippen LogP contribution in [-0.2, 0) is 19.6 Å². The number of halogens is 5. The molecule has 0 unspecified atom stereocenters. The van der Waals surface area contributed by atoms with Gasteiger partial charge in [0.05, 0.1) is 14.2 Å². The maximum Gasteiger partial charge on any atom is 0.573 e. The number of nitrogens with two attached hydrogens (primary N) is 2. The Morgan fingerprint density at radius 3 is 2.17 bits per heavy atom. The Hall–Kier alpha value is -3.35. The molecule has 4 aromatic rings. The topological polar surface area (TPSA) is 99.9 Å². The fourth-order valence-electron chi connectivity index (χ4n) is 5.92. The van der Waals surface area contributed by atoms with E-state index < -0.39 is 6.36 Å². The summed E-state index contributed by atoms with van der Waals surface area (Å²) in [6.45, 7) is 4.05. The Bertz CT molecular complexity index is 1550. The quantitative estimate of drug-likeness (QED) is 0.149. The molecule has 5 N–H and O–H groups in total. The standard InChI is InChI=1S/C33H40F3N5O3.2ClH/c1-42-27-16-25(17-28(18-27)43-2)39-24-8-12-40(13-9-24)20-22-4-7-32-30(14-22)31(21-41(32)11-3-10-37)29-6-5-26(15-23(29)19-38)44-33(34,35)36;;/h4-7,14-18,21,24,39H,3,8-13,19-20,37-38H2,1-2H3;2*1H. The van der Waals surface area contributed by atoms with Gasteiger partial charge in [0.15, 0.2) is 0 Å². The maximum atomic E-state index is 12.9. The van der Waals surface area contributed by atoms with Gasteiger partial charge in [-0.05, 0) is 66.8 Å². The van der Waals surface area contributed by atoms with E-state index in [2.05, 4.69) is 37.7 Å². The van der Waals surface area contributed by atoms with Gasteiger partial charge in [-0.25, -0.2) is 0 Å². The number of anilines is 1. The van der Waals surface area contributed by atoms with E-state index in [1.807, 2.05) is 24.4 Å². The largest absolute Gasteiger partial charge is 0.573 e. The van der Waals surface area contributed by atoms with Crippen molar-refractivity contribution in [3.63, 3.8) is 0 Å². The lowest BCUT2D eigenvalue weighted by molar-refractivity contribution is -0.274. The van der Waals surface area contributed by atoms with Gasteiger partial charge >= 0.3 is 6.36 Å². The minimum absolute atomic E-state index is 0. The second-order valence-electron chi connectivity index (χ2n) is 11.1.